The van der Waals surface area contributed by atoms with Gasteiger partial charge in [0.15, 0.2) is 5.75 Å². The number of hydrogen-bond acceptors (Lipinski definition) is 4. The Hall–Kier alpha value is -2.63. The molecule has 0 fully saturated rings. The Morgan fingerprint density at radius 1 is 1.00 bits per heavy atom. The van der Waals surface area contributed by atoms with Crippen molar-refractivity contribution in [1.29, 1.82) is 0 Å². The molecule has 0 unspecified atom stereocenters. The fourth-order valence-electron chi connectivity index (χ4n) is 2.75. The van der Waals surface area contributed by atoms with Crippen LogP contribution in [-0.2, 0) is 13.2 Å². The van der Waals surface area contributed by atoms with E-state index in [9.17, 15) is 0 Å². The molecular formula is C19H14Cl2N4O. The average molecular weight is 385 g/mol. The molecule has 0 saturated carbocycles. The number of nitrogens with zero attached hydrogens (tertiary/aromatic N) is 4. The molecule has 0 aliphatic heterocycles. The highest BCUT2D eigenvalue weighted by atomic mass is 35.5. The number of fused-ring (bicyclic) bond motifs is 1. The molecule has 7 heteroatoms. The molecule has 0 spiro atoms. The van der Waals surface area contributed by atoms with Crippen LogP contribution < -0.4 is 4.74 Å². The molecule has 0 saturated heterocycles. The second-order valence-electron chi connectivity index (χ2n) is 5.70. The van der Waals surface area contributed by atoms with Gasteiger partial charge in [-0.1, -0.05) is 35.3 Å². The number of aromatic nitrogens is 4. The van der Waals surface area contributed by atoms with Gasteiger partial charge in [-0.15, -0.1) is 0 Å². The number of halogens is 2. The van der Waals surface area contributed by atoms with Crippen LogP contribution in [0.15, 0.2) is 61.2 Å². The maximum Gasteiger partial charge on any atom is 0.156 e. The van der Waals surface area contributed by atoms with Crippen LogP contribution in [0.3, 0.4) is 0 Å². The van der Waals surface area contributed by atoms with Gasteiger partial charge in [0, 0.05) is 10.0 Å². The molecule has 0 amide bonds. The maximum absolute atomic E-state index is 6.35. The van der Waals surface area contributed by atoms with Crippen molar-refractivity contribution >= 4 is 34.2 Å². The maximum atomic E-state index is 6.35. The minimum absolute atomic E-state index is 0.292. The van der Waals surface area contributed by atoms with E-state index in [1.807, 2.05) is 30.3 Å². The van der Waals surface area contributed by atoms with E-state index in [4.69, 9.17) is 32.9 Å². The summed E-state index contributed by atoms with van der Waals surface area (Å²) in [5, 5.41) is 1.31. The topological polar surface area (TPSA) is 52.8 Å². The largest absolute Gasteiger partial charge is 0.482 e. The van der Waals surface area contributed by atoms with E-state index in [1.165, 1.54) is 6.33 Å². The van der Waals surface area contributed by atoms with E-state index in [0.717, 1.165) is 22.4 Å². The van der Waals surface area contributed by atoms with Crippen molar-refractivity contribution in [3.63, 3.8) is 0 Å². The van der Waals surface area contributed by atoms with Crippen LogP contribution >= 0.6 is 23.2 Å². The summed E-state index contributed by atoms with van der Waals surface area (Å²) in [6.45, 7) is 0.837. The smallest absolute Gasteiger partial charge is 0.156 e. The molecule has 0 aliphatic carbocycles. The summed E-state index contributed by atoms with van der Waals surface area (Å²) in [4.78, 5) is 12.6. The molecule has 2 aromatic carbocycles. The second-order valence-corrected chi connectivity index (χ2v) is 6.55. The van der Waals surface area contributed by atoms with E-state index in [-0.39, 0.29) is 0 Å². The average Bonchev–Trinajstić information content (AvgIpc) is 3.01. The first-order chi connectivity index (χ1) is 12.7. The Morgan fingerprint density at radius 3 is 2.65 bits per heavy atom. The highest BCUT2D eigenvalue weighted by Gasteiger charge is 2.13. The van der Waals surface area contributed by atoms with Crippen molar-refractivity contribution in [2.75, 3.05) is 0 Å². The summed E-state index contributed by atoms with van der Waals surface area (Å²) in [7, 11) is 0. The van der Waals surface area contributed by atoms with E-state index in [2.05, 4.69) is 14.5 Å². The van der Waals surface area contributed by atoms with Gasteiger partial charge in [-0.2, -0.15) is 0 Å². The molecule has 5 nitrogen and oxygen atoms in total. The Kier molecular flexibility index (Phi) is 4.73. The summed E-state index contributed by atoms with van der Waals surface area (Å²) in [5.41, 5.74) is 2.83. The summed E-state index contributed by atoms with van der Waals surface area (Å²) in [5.74, 6) is 1.37. The molecule has 0 bridgehead atoms. The normalized spacial score (nSPS) is 11.0. The number of imidazole rings is 1. The predicted octanol–water partition coefficient (Wildman–Crippen LogP) is 4.76. The zero-order valence-corrected chi connectivity index (χ0v) is 15.2. The highest BCUT2D eigenvalue weighted by Crippen LogP contribution is 2.25. The lowest BCUT2D eigenvalue weighted by atomic mass is 10.2. The standard InChI is InChI=1S/C19H14Cl2N4O/c20-14-5-6-16(21)13(7-14)10-25-18-4-2-1-3-17(18)24-19(25)11-26-15-8-22-12-23-9-15/h1-9,12H,10-11H2. The molecule has 4 aromatic rings. The first kappa shape index (κ1) is 16.8. The van der Waals surface area contributed by atoms with Gasteiger partial charge in [-0.3, -0.25) is 0 Å². The second kappa shape index (κ2) is 7.32. The summed E-state index contributed by atoms with van der Waals surface area (Å²) < 4.78 is 7.87. The van der Waals surface area contributed by atoms with Crippen molar-refractivity contribution in [3.05, 3.63) is 82.6 Å². The quantitative estimate of drug-likeness (QED) is 0.497. The third-order valence-electron chi connectivity index (χ3n) is 3.97. The van der Waals surface area contributed by atoms with E-state index < -0.39 is 0 Å². The molecule has 2 heterocycles. The number of benzene rings is 2. The van der Waals surface area contributed by atoms with Crippen molar-refractivity contribution in [2.45, 2.75) is 13.2 Å². The van der Waals surface area contributed by atoms with Crippen LogP contribution in [0.4, 0.5) is 0 Å². The number of para-hydroxylation sites is 2. The Morgan fingerprint density at radius 2 is 1.81 bits per heavy atom. The molecular weight excluding hydrogens is 371 g/mol. The molecule has 0 radical (unpaired) electrons. The zero-order valence-electron chi connectivity index (χ0n) is 13.6. The predicted molar refractivity (Wildman–Crippen MR) is 102 cm³/mol. The van der Waals surface area contributed by atoms with Gasteiger partial charge in [0.25, 0.3) is 0 Å². The van der Waals surface area contributed by atoms with Crippen molar-refractivity contribution < 1.29 is 4.74 Å². The van der Waals surface area contributed by atoms with E-state index in [0.29, 0.717) is 28.9 Å². The van der Waals surface area contributed by atoms with Crippen LogP contribution in [0, 0.1) is 0 Å². The first-order valence-electron chi connectivity index (χ1n) is 7.96. The SMILES string of the molecule is Clc1ccc(Cl)c(Cn2c(COc3cncnc3)nc3ccccc32)c1. The molecule has 0 aliphatic rings. The molecule has 130 valence electrons. The Bertz CT molecular complexity index is 1050. The van der Waals surface area contributed by atoms with Gasteiger partial charge < -0.3 is 9.30 Å². The van der Waals surface area contributed by atoms with Gasteiger partial charge in [0.2, 0.25) is 0 Å². The van der Waals surface area contributed by atoms with Gasteiger partial charge >= 0.3 is 0 Å². The molecule has 0 atom stereocenters. The lowest BCUT2D eigenvalue weighted by Crippen LogP contribution is -2.09. The molecule has 0 N–H and O–H groups in total. The van der Waals surface area contributed by atoms with Crippen molar-refractivity contribution in [3.8, 4) is 5.75 Å². The van der Waals surface area contributed by atoms with Gasteiger partial charge in [-0.05, 0) is 35.9 Å². The number of ether oxygens (including phenoxy) is 1. The fourth-order valence-corrected chi connectivity index (χ4v) is 3.13. The van der Waals surface area contributed by atoms with Gasteiger partial charge in [0.1, 0.15) is 18.8 Å². The van der Waals surface area contributed by atoms with Crippen LogP contribution in [-0.4, -0.2) is 19.5 Å². The Balaban J connectivity index is 1.70. The fraction of sp³-hybridized carbons (Fsp3) is 0.105. The van der Waals surface area contributed by atoms with Gasteiger partial charge in [0.05, 0.1) is 30.0 Å². The lowest BCUT2D eigenvalue weighted by molar-refractivity contribution is 0.289. The van der Waals surface area contributed by atoms with Gasteiger partial charge in [-0.25, -0.2) is 15.0 Å². The monoisotopic (exact) mass is 384 g/mol. The van der Waals surface area contributed by atoms with E-state index >= 15 is 0 Å². The van der Waals surface area contributed by atoms with Crippen LogP contribution in [0.5, 0.6) is 5.75 Å². The molecule has 4 rings (SSSR count). The zero-order chi connectivity index (χ0) is 17.9. The third kappa shape index (κ3) is 3.49. The summed E-state index contributed by atoms with van der Waals surface area (Å²) >= 11 is 12.5. The Labute approximate surface area is 160 Å². The van der Waals surface area contributed by atoms with Crippen LogP contribution in [0.25, 0.3) is 11.0 Å². The molecule has 2 aromatic heterocycles. The third-order valence-corrected chi connectivity index (χ3v) is 4.58. The minimum atomic E-state index is 0.292. The lowest BCUT2D eigenvalue weighted by Gasteiger charge is -2.12. The number of rotatable bonds is 5. The van der Waals surface area contributed by atoms with E-state index in [1.54, 1.807) is 24.5 Å². The first-order valence-corrected chi connectivity index (χ1v) is 8.72. The van der Waals surface area contributed by atoms with Crippen molar-refractivity contribution in [2.24, 2.45) is 0 Å². The highest BCUT2D eigenvalue weighted by molar-refractivity contribution is 6.33. The molecule has 26 heavy (non-hydrogen) atoms. The van der Waals surface area contributed by atoms with Crippen LogP contribution in [0.1, 0.15) is 11.4 Å². The summed E-state index contributed by atoms with van der Waals surface area (Å²) in [6, 6.07) is 13.4. The summed E-state index contributed by atoms with van der Waals surface area (Å²) in [6.07, 6.45) is 4.70. The minimum Gasteiger partial charge on any atom is -0.482 e. The number of hydrogen-bond donors (Lipinski definition) is 0. The van der Waals surface area contributed by atoms with Crippen LogP contribution in [0.2, 0.25) is 10.0 Å². The van der Waals surface area contributed by atoms with Crippen molar-refractivity contribution in [1.82, 2.24) is 19.5 Å².